The second-order valence-corrected chi connectivity index (χ2v) is 6.03. The number of aromatic nitrogens is 2. The van der Waals surface area contributed by atoms with Crippen molar-refractivity contribution in [2.75, 3.05) is 0 Å². The summed E-state index contributed by atoms with van der Waals surface area (Å²) in [6.45, 7) is 4.17. The fourth-order valence-electron chi connectivity index (χ4n) is 1.94. The minimum Gasteiger partial charge on any atom is -0.333 e. The van der Waals surface area contributed by atoms with Crippen LogP contribution < -0.4 is 5.32 Å². The van der Waals surface area contributed by atoms with Crippen LogP contribution in [0.2, 0.25) is 0 Å². The molecular weight excluding hydrogens is 230 g/mol. The minimum absolute atomic E-state index is 0.787. The molecule has 0 radical (unpaired) electrons. The number of nitrogens with zero attached hydrogens (tertiary/aromatic N) is 2. The lowest BCUT2D eigenvalue weighted by Crippen LogP contribution is -2.14. The Morgan fingerprint density at radius 3 is 3.12 bits per heavy atom. The normalized spacial score (nSPS) is 15.4. The van der Waals surface area contributed by atoms with E-state index in [2.05, 4.69) is 27.9 Å². The summed E-state index contributed by atoms with van der Waals surface area (Å²) in [4.78, 5) is 6.95. The van der Waals surface area contributed by atoms with Gasteiger partial charge in [0, 0.05) is 41.3 Å². The molecule has 1 aliphatic carbocycles. The first-order valence-corrected chi connectivity index (χ1v) is 6.90. The van der Waals surface area contributed by atoms with E-state index in [0.29, 0.717) is 0 Å². The molecule has 1 fully saturated rings. The molecule has 0 atom stereocenters. The van der Waals surface area contributed by atoms with E-state index in [9.17, 15) is 0 Å². The molecule has 2 heterocycles. The van der Waals surface area contributed by atoms with Crippen molar-refractivity contribution in [1.29, 1.82) is 0 Å². The molecule has 0 aromatic carbocycles. The maximum absolute atomic E-state index is 4.08. The first kappa shape index (κ1) is 11.0. The van der Waals surface area contributed by atoms with E-state index in [-0.39, 0.29) is 0 Å². The van der Waals surface area contributed by atoms with Crippen molar-refractivity contribution in [2.45, 2.75) is 38.9 Å². The van der Waals surface area contributed by atoms with E-state index in [4.69, 9.17) is 0 Å². The van der Waals surface area contributed by atoms with Crippen molar-refractivity contribution in [3.05, 3.63) is 40.1 Å². The second-order valence-electron chi connectivity index (χ2n) is 4.68. The van der Waals surface area contributed by atoms with Crippen molar-refractivity contribution in [3.8, 4) is 0 Å². The number of hydrogen-bond acceptors (Lipinski definition) is 3. The lowest BCUT2D eigenvalue weighted by atomic mass is 10.2. The predicted molar refractivity (Wildman–Crippen MR) is 70.2 cm³/mol. The molecule has 90 valence electrons. The minimum atomic E-state index is 0.787. The molecule has 17 heavy (non-hydrogen) atoms. The lowest BCUT2D eigenvalue weighted by Gasteiger charge is -2.00. The Bertz CT molecular complexity index is 483. The van der Waals surface area contributed by atoms with E-state index in [1.165, 1.54) is 28.2 Å². The third kappa shape index (κ3) is 2.76. The smallest absolute Gasteiger partial charge is 0.0949 e. The third-order valence-corrected chi connectivity index (χ3v) is 4.22. The quantitative estimate of drug-likeness (QED) is 0.880. The van der Waals surface area contributed by atoms with Gasteiger partial charge in [0.05, 0.1) is 6.33 Å². The average molecular weight is 247 g/mol. The topological polar surface area (TPSA) is 29.9 Å². The van der Waals surface area contributed by atoms with Crippen molar-refractivity contribution in [2.24, 2.45) is 0 Å². The summed E-state index contributed by atoms with van der Waals surface area (Å²) in [5.41, 5.74) is 1.42. The highest BCUT2D eigenvalue weighted by molar-refractivity contribution is 7.12. The van der Waals surface area contributed by atoms with Gasteiger partial charge in [-0.3, -0.25) is 0 Å². The highest BCUT2D eigenvalue weighted by Gasteiger charge is 2.20. The molecular formula is C13H17N3S. The Kier molecular flexibility index (Phi) is 2.99. The van der Waals surface area contributed by atoms with E-state index >= 15 is 0 Å². The molecule has 3 rings (SSSR count). The molecule has 0 saturated heterocycles. The van der Waals surface area contributed by atoms with Crippen molar-refractivity contribution in [1.82, 2.24) is 14.9 Å². The van der Waals surface area contributed by atoms with Crippen LogP contribution in [0.1, 0.15) is 28.2 Å². The summed E-state index contributed by atoms with van der Waals surface area (Å²) < 4.78 is 2.12. The number of aryl methyl sites for hydroxylation is 1. The van der Waals surface area contributed by atoms with Gasteiger partial charge in [0.25, 0.3) is 0 Å². The van der Waals surface area contributed by atoms with Crippen molar-refractivity contribution < 1.29 is 0 Å². The Labute approximate surface area is 106 Å². The summed E-state index contributed by atoms with van der Waals surface area (Å²) in [5, 5.41) is 3.56. The van der Waals surface area contributed by atoms with Gasteiger partial charge in [0.1, 0.15) is 0 Å². The summed E-state index contributed by atoms with van der Waals surface area (Å²) in [5.74, 6) is 0. The van der Waals surface area contributed by atoms with E-state index in [0.717, 1.165) is 19.1 Å². The van der Waals surface area contributed by atoms with Crippen LogP contribution in [0.3, 0.4) is 0 Å². The lowest BCUT2D eigenvalue weighted by molar-refractivity contribution is 0.694. The van der Waals surface area contributed by atoms with Crippen LogP contribution in [0.25, 0.3) is 0 Å². The standard InChI is InChI=1S/C13H17N3S/c1-10-11(8-16-5-4-14-9-16)6-13(17-10)7-15-12-2-3-12/h4-6,9,12,15H,2-3,7-8H2,1H3. The molecule has 0 spiro atoms. The summed E-state index contributed by atoms with van der Waals surface area (Å²) in [7, 11) is 0. The van der Waals surface area contributed by atoms with Gasteiger partial charge in [-0.25, -0.2) is 4.98 Å². The summed E-state index contributed by atoms with van der Waals surface area (Å²) in [6.07, 6.45) is 8.42. The van der Waals surface area contributed by atoms with Crippen LogP contribution in [0.4, 0.5) is 0 Å². The number of thiophene rings is 1. The zero-order valence-electron chi connectivity index (χ0n) is 10.0. The third-order valence-electron chi connectivity index (χ3n) is 3.13. The van der Waals surface area contributed by atoms with E-state index < -0.39 is 0 Å². The Hall–Kier alpha value is -1.13. The Morgan fingerprint density at radius 1 is 1.53 bits per heavy atom. The number of rotatable bonds is 5. The highest BCUT2D eigenvalue weighted by atomic mass is 32.1. The average Bonchev–Trinajstić information content (AvgIpc) is 2.89. The molecule has 2 aromatic heterocycles. The molecule has 0 amide bonds. The van der Waals surface area contributed by atoms with Gasteiger partial charge in [-0.1, -0.05) is 0 Å². The SMILES string of the molecule is Cc1sc(CNC2CC2)cc1Cn1ccnc1. The van der Waals surface area contributed by atoms with Crippen LogP contribution in [0.15, 0.2) is 24.8 Å². The van der Waals surface area contributed by atoms with Crippen LogP contribution in [0.5, 0.6) is 0 Å². The molecule has 0 bridgehead atoms. The molecule has 2 aromatic rings. The van der Waals surface area contributed by atoms with Gasteiger partial charge in [-0.05, 0) is 31.4 Å². The molecule has 1 aliphatic rings. The number of hydrogen-bond donors (Lipinski definition) is 1. The van der Waals surface area contributed by atoms with E-state index in [1.807, 2.05) is 30.1 Å². The van der Waals surface area contributed by atoms with Gasteiger partial charge in [-0.2, -0.15) is 0 Å². The van der Waals surface area contributed by atoms with Crippen LogP contribution in [-0.2, 0) is 13.1 Å². The monoisotopic (exact) mass is 247 g/mol. The first-order valence-electron chi connectivity index (χ1n) is 6.08. The van der Waals surface area contributed by atoms with Gasteiger partial charge >= 0.3 is 0 Å². The molecule has 1 N–H and O–H groups in total. The highest BCUT2D eigenvalue weighted by Crippen LogP contribution is 2.24. The van der Waals surface area contributed by atoms with Crippen molar-refractivity contribution >= 4 is 11.3 Å². The van der Waals surface area contributed by atoms with Crippen LogP contribution >= 0.6 is 11.3 Å². The van der Waals surface area contributed by atoms with Crippen LogP contribution in [0, 0.1) is 6.92 Å². The van der Waals surface area contributed by atoms with Gasteiger partial charge in [0.2, 0.25) is 0 Å². The molecule has 3 nitrogen and oxygen atoms in total. The summed E-state index contributed by atoms with van der Waals surface area (Å²) >= 11 is 1.91. The van der Waals surface area contributed by atoms with Crippen molar-refractivity contribution in [3.63, 3.8) is 0 Å². The first-order chi connectivity index (χ1) is 8.31. The maximum Gasteiger partial charge on any atom is 0.0949 e. The fraction of sp³-hybridized carbons (Fsp3) is 0.462. The number of imidazole rings is 1. The van der Waals surface area contributed by atoms with E-state index in [1.54, 1.807) is 0 Å². The second kappa shape index (κ2) is 4.63. The Morgan fingerprint density at radius 2 is 2.41 bits per heavy atom. The van der Waals surface area contributed by atoms with Gasteiger partial charge in [-0.15, -0.1) is 11.3 Å². The van der Waals surface area contributed by atoms with Gasteiger partial charge < -0.3 is 9.88 Å². The fourth-order valence-corrected chi connectivity index (χ4v) is 2.95. The largest absolute Gasteiger partial charge is 0.333 e. The molecule has 0 unspecified atom stereocenters. The number of nitrogens with one attached hydrogen (secondary N) is 1. The Balaban J connectivity index is 1.66. The molecule has 4 heteroatoms. The molecule has 0 aliphatic heterocycles. The molecule has 1 saturated carbocycles. The van der Waals surface area contributed by atoms with Gasteiger partial charge in [0.15, 0.2) is 0 Å². The summed E-state index contributed by atoms with van der Waals surface area (Å²) in [6, 6.07) is 3.12. The maximum atomic E-state index is 4.08. The zero-order valence-corrected chi connectivity index (χ0v) is 10.8. The van der Waals surface area contributed by atoms with Crippen LogP contribution in [-0.4, -0.2) is 15.6 Å². The predicted octanol–water partition coefficient (Wildman–Crippen LogP) is 2.55. The zero-order chi connectivity index (χ0) is 11.7.